The Morgan fingerprint density at radius 2 is 2.16 bits per heavy atom. The van der Waals surface area contributed by atoms with E-state index in [0.29, 0.717) is 5.92 Å². The van der Waals surface area contributed by atoms with E-state index in [0.717, 1.165) is 34.4 Å². The number of ketones is 1. The Kier molecular flexibility index (Phi) is 4.50. The van der Waals surface area contributed by atoms with Crippen LogP contribution >= 0.6 is 11.3 Å². The highest BCUT2D eigenvalue weighted by Gasteiger charge is 2.32. The molecule has 0 aromatic carbocycles. The molecule has 3 nitrogen and oxygen atoms in total. The fraction of sp³-hybridized carbons (Fsp3) is 0.667. The van der Waals surface area contributed by atoms with Gasteiger partial charge in [0.1, 0.15) is 0 Å². The summed E-state index contributed by atoms with van der Waals surface area (Å²) in [5.74, 6) is 1.41. The van der Waals surface area contributed by atoms with E-state index >= 15 is 0 Å². The second kappa shape index (κ2) is 5.95. The maximum atomic E-state index is 11.6. The van der Waals surface area contributed by atoms with E-state index < -0.39 is 0 Å². The Morgan fingerprint density at radius 1 is 1.47 bits per heavy atom. The Bertz CT molecular complexity index is 461. The molecule has 1 fully saturated rings. The van der Waals surface area contributed by atoms with Gasteiger partial charge in [0.25, 0.3) is 0 Å². The molecule has 0 aliphatic heterocycles. The Labute approximate surface area is 119 Å². The van der Waals surface area contributed by atoms with Gasteiger partial charge in [-0.1, -0.05) is 13.8 Å². The number of carbonyl (C=O) groups excluding carboxylic acids is 1. The van der Waals surface area contributed by atoms with Crippen LogP contribution in [0.25, 0.3) is 0 Å². The first-order valence-electron chi connectivity index (χ1n) is 7.17. The van der Waals surface area contributed by atoms with Crippen molar-refractivity contribution in [3.63, 3.8) is 0 Å². The van der Waals surface area contributed by atoms with Gasteiger partial charge < -0.3 is 11.1 Å². The molecule has 0 amide bonds. The van der Waals surface area contributed by atoms with Crippen molar-refractivity contribution in [2.45, 2.75) is 52.4 Å². The first kappa shape index (κ1) is 14.4. The van der Waals surface area contributed by atoms with Crippen LogP contribution in [0, 0.1) is 5.92 Å². The maximum Gasteiger partial charge on any atom is 0.171 e. The molecule has 0 atom stereocenters. The summed E-state index contributed by atoms with van der Waals surface area (Å²) in [6, 6.07) is 0. The minimum absolute atomic E-state index is 0.0830. The van der Waals surface area contributed by atoms with Gasteiger partial charge in [-0.25, -0.2) is 0 Å². The predicted molar refractivity (Wildman–Crippen MR) is 83.3 cm³/mol. The van der Waals surface area contributed by atoms with Crippen molar-refractivity contribution in [3.05, 3.63) is 10.4 Å². The van der Waals surface area contributed by atoms with Crippen molar-refractivity contribution in [2.24, 2.45) is 5.92 Å². The lowest BCUT2D eigenvalue weighted by Gasteiger charge is -2.08. The van der Waals surface area contributed by atoms with Gasteiger partial charge in [0.2, 0.25) is 0 Å². The van der Waals surface area contributed by atoms with Crippen molar-refractivity contribution in [1.82, 2.24) is 0 Å². The molecule has 1 aliphatic carbocycles. The number of nitrogen functional groups attached to an aromatic ring is 1. The third-order valence-electron chi connectivity index (χ3n) is 3.53. The molecule has 1 aromatic rings. The average molecular weight is 280 g/mol. The molecule has 1 aliphatic rings. The lowest BCUT2D eigenvalue weighted by Crippen LogP contribution is -2.03. The Morgan fingerprint density at radius 3 is 2.68 bits per heavy atom. The summed E-state index contributed by atoms with van der Waals surface area (Å²) in [6.07, 6.45) is 4.80. The number of thiophene rings is 1. The number of nitrogens with two attached hydrogens (primary N) is 1. The summed E-state index contributed by atoms with van der Waals surface area (Å²) in [4.78, 5) is 12.3. The van der Waals surface area contributed by atoms with E-state index in [9.17, 15) is 4.79 Å². The molecule has 0 bridgehead atoms. The summed E-state index contributed by atoms with van der Waals surface area (Å²) in [6.45, 7) is 7.05. The second-order valence-corrected chi connectivity index (χ2v) is 6.90. The fourth-order valence-electron chi connectivity index (χ4n) is 2.34. The van der Waals surface area contributed by atoms with E-state index in [2.05, 4.69) is 19.2 Å². The van der Waals surface area contributed by atoms with Gasteiger partial charge in [-0.3, -0.25) is 4.79 Å². The Balaban J connectivity index is 2.06. The van der Waals surface area contributed by atoms with Crippen molar-refractivity contribution >= 4 is 27.8 Å². The predicted octanol–water partition coefficient (Wildman–Crippen LogP) is 4.26. The molecule has 3 N–H and O–H groups in total. The molecule has 0 spiro atoms. The van der Waals surface area contributed by atoms with Crippen molar-refractivity contribution in [2.75, 3.05) is 17.6 Å². The molecule has 2 rings (SSSR count). The van der Waals surface area contributed by atoms with Crippen molar-refractivity contribution in [1.29, 1.82) is 0 Å². The van der Waals surface area contributed by atoms with E-state index in [4.69, 9.17) is 5.73 Å². The van der Waals surface area contributed by atoms with Gasteiger partial charge in [-0.15, -0.1) is 11.3 Å². The SMILES string of the molecule is CC(=O)c1sc(NCCCC(C)C)c(C2CC2)c1N. The van der Waals surface area contributed by atoms with Crippen LogP contribution in [0.4, 0.5) is 10.7 Å². The molecule has 1 aromatic heterocycles. The number of carbonyl (C=O) groups is 1. The number of nitrogens with one attached hydrogen (secondary N) is 1. The smallest absolute Gasteiger partial charge is 0.171 e. The normalized spacial score (nSPS) is 14.9. The molecule has 4 heteroatoms. The average Bonchev–Trinajstić information content (AvgIpc) is 3.09. The fourth-order valence-corrected chi connectivity index (χ4v) is 3.47. The highest BCUT2D eigenvalue weighted by molar-refractivity contribution is 7.18. The Hall–Kier alpha value is -1.03. The highest BCUT2D eigenvalue weighted by atomic mass is 32.1. The number of Topliss-reactive ketones (excluding diaryl/α,β-unsaturated/α-hetero) is 1. The zero-order valence-electron chi connectivity index (χ0n) is 12.1. The quantitative estimate of drug-likeness (QED) is 0.579. The molecule has 1 heterocycles. The van der Waals surface area contributed by atoms with Gasteiger partial charge in [0.05, 0.1) is 15.6 Å². The lowest BCUT2D eigenvalue weighted by atomic mass is 10.1. The molecule has 1 saturated carbocycles. The van der Waals surface area contributed by atoms with Gasteiger partial charge in [-0.2, -0.15) is 0 Å². The summed E-state index contributed by atoms with van der Waals surface area (Å²) in [5.41, 5.74) is 8.08. The van der Waals surface area contributed by atoms with Crippen molar-refractivity contribution < 1.29 is 4.79 Å². The molecule has 0 unspecified atom stereocenters. The summed E-state index contributed by atoms with van der Waals surface area (Å²) >= 11 is 1.54. The molecular weight excluding hydrogens is 256 g/mol. The first-order chi connectivity index (χ1) is 9.00. The summed E-state index contributed by atoms with van der Waals surface area (Å²) in [5, 5.41) is 4.63. The number of hydrogen-bond acceptors (Lipinski definition) is 4. The van der Waals surface area contributed by atoms with Gasteiger partial charge in [-0.05, 0) is 37.5 Å². The standard InChI is InChI=1S/C15H24N2OS/c1-9(2)5-4-8-17-15-12(11-6-7-11)13(16)14(19-15)10(3)18/h9,11,17H,4-8,16H2,1-3H3. The minimum atomic E-state index is 0.0830. The van der Waals surface area contributed by atoms with Crippen LogP contribution < -0.4 is 11.1 Å². The van der Waals surface area contributed by atoms with E-state index in [1.54, 1.807) is 6.92 Å². The number of hydrogen-bond donors (Lipinski definition) is 2. The largest absolute Gasteiger partial charge is 0.397 e. The van der Waals surface area contributed by atoms with Gasteiger partial charge in [0, 0.05) is 19.0 Å². The van der Waals surface area contributed by atoms with Gasteiger partial charge >= 0.3 is 0 Å². The molecule has 0 saturated heterocycles. The van der Waals surface area contributed by atoms with Crippen LogP contribution in [0.5, 0.6) is 0 Å². The van der Waals surface area contributed by atoms with Crippen LogP contribution in [0.2, 0.25) is 0 Å². The van der Waals surface area contributed by atoms with E-state index in [-0.39, 0.29) is 5.78 Å². The third kappa shape index (κ3) is 3.50. The van der Waals surface area contributed by atoms with Gasteiger partial charge in [0.15, 0.2) is 5.78 Å². The number of anilines is 2. The topological polar surface area (TPSA) is 55.1 Å². The van der Waals surface area contributed by atoms with Crippen molar-refractivity contribution in [3.8, 4) is 0 Å². The van der Waals surface area contributed by atoms with E-state index in [1.807, 2.05) is 0 Å². The molecular formula is C15H24N2OS. The molecule has 0 radical (unpaired) electrons. The first-order valence-corrected chi connectivity index (χ1v) is 7.99. The molecule has 106 valence electrons. The summed E-state index contributed by atoms with van der Waals surface area (Å²) < 4.78 is 0. The monoisotopic (exact) mass is 280 g/mol. The van der Waals surface area contributed by atoms with Crippen LogP contribution in [0.1, 0.15) is 67.6 Å². The van der Waals surface area contributed by atoms with Crippen LogP contribution in [0.3, 0.4) is 0 Å². The zero-order chi connectivity index (χ0) is 14.0. The second-order valence-electron chi connectivity index (χ2n) is 5.88. The zero-order valence-corrected chi connectivity index (χ0v) is 12.9. The van der Waals surface area contributed by atoms with Crippen LogP contribution in [-0.2, 0) is 0 Å². The number of rotatable bonds is 7. The molecule has 19 heavy (non-hydrogen) atoms. The van der Waals surface area contributed by atoms with Crippen LogP contribution in [0.15, 0.2) is 0 Å². The lowest BCUT2D eigenvalue weighted by molar-refractivity contribution is 0.102. The van der Waals surface area contributed by atoms with Crippen LogP contribution in [-0.4, -0.2) is 12.3 Å². The summed E-state index contributed by atoms with van der Waals surface area (Å²) in [7, 11) is 0. The highest BCUT2D eigenvalue weighted by Crippen LogP contribution is 2.50. The maximum absolute atomic E-state index is 11.6. The third-order valence-corrected chi connectivity index (χ3v) is 4.81. The van der Waals surface area contributed by atoms with E-state index in [1.165, 1.54) is 36.2 Å². The minimum Gasteiger partial charge on any atom is -0.397 e.